The topological polar surface area (TPSA) is 37.3 Å². The molecule has 1 unspecified atom stereocenters. The molecule has 0 spiro atoms. The highest BCUT2D eigenvalue weighted by Crippen LogP contribution is 2.31. The maximum absolute atomic E-state index is 10.9. The Labute approximate surface area is 108 Å². The molecule has 0 saturated carbocycles. The van der Waals surface area contributed by atoms with Crippen LogP contribution in [-0.2, 0) is 4.79 Å². The zero-order chi connectivity index (χ0) is 12.4. The van der Waals surface area contributed by atoms with Crippen molar-refractivity contribution in [3.05, 3.63) is 46.3 Å². The molecule has 4 heteroatoms. The van der Waals surface area contributed by atoms with E-state index in [1.54, 1.807) is 18.3 Å². The van der Waals surface area contributed by atoms with Crippen molar-refractivity contribution in [3.63, 3.8) is 0 Å². The molecule has 0 aliphatic heterocycles. The van der Waals surface area contributed by atoms with Crippen LogP contribution in [-0.4, -0.2) is 11.1 Å². The fourth-order valence-electron chi connectivity index (χ4n) is 1.49. The molecular formula is C13H11ClO2S. The quantitative estimate of drug-likeness (QED) is 0.901. The molecule has 2 rings (SSSR count). The predicted octanol–water partition coefficient (Wildman–Crippen LogP) is 4.26. The Bertz CT molecular complexity index is 531. The SMILES string of the molecule is CC(C(=O)O)c1csc(-c2ccc(Cl)cc2)c1. The second-order valence-corrected chi connectivity index (χ2v) is 5.16. The van der Waals surface area contributed by atoms with E-state index in [1.165, 1.54) is 0 Å². The van der Waals surface area contributed by atoms with E-state index in [9.17, 15) is 4.79 Å². The molecule has 0 aliphatic carbocycles. The first kappa shape index (κ1) is 12.1. The summed E-state index contributed by atoms with van der Waals surface area (Å²) in [5.74, 6) is -1.27. The second kappa shape index (κ2) is 4.90. The van der Waals surface area contributed by atoms with Gasteiger partial charge in [0.15, 0.2) is 0 Å². The molecule has 0 amide bonds. The van der Waals surface area contributed by atoms with Gasteiger partial charge in [-0.25, -0.2) is 0 Å². The van der Waals surface area contributed by atoms with Crippen molar-refractivity contribution in [1.29, 1.82) is 0 Å². The van der Waals surface area contributed by atoms with Crippen LogP contribution >= 0.6 is 22.9 Å². The van der Waals surface area contributed by atoms with Gasteiger partial charge in [-0.05, 0) is 41.6 Å². The maximum atomic E-state index is 10.9. The van der Waals surface area contributed by atoms with Crippen LogP contribution in [0.2, 0.25) is 5.02 Å². The molecule has 1 aromatic carbocycles. The van der Waals surface area contributed by atoms with Crippen molar-refractivity contribution in [3.8, 4) is 10.4 Å². The first-order valence-corrected chi connectivity index (χ1v) is 6.41. The van der Waals surface area contributed by atoms with Crippen molar-refractivity contribution in [2.75, 3.05) is 0 Å². The molecule has 1 atom stereocenters. The van der Waals surface area contributed by atoms with Gasteiger partial charge in [-0.15, -0.1) is 11.3 Å². The number of benzene rings is 1. The largest absolute Gasteiger partial charge is 0.481 e. The van der Waals surface area contributed by atoms with Gasteiger partial charge >= 0.3 is 5.97 Å². The molecule has 0 aliphatic rings. The number of thiophene rings is 1. The van der Waals surface area contributed by atoms with E-state index in [-0.39, 0.29) is 0 Å². The lowest BCUT2D eigenvalue weighted by Gasteiger charge is -2.01. The molecule has 1 heterocycles. The number of rotatable bonds is 3. The Hall–Kier alpha value is -1.32. The number of aliphatic carboxylic acids is 1. The van der Waals surface area contributed by atoms with Crippen LogP contribution in [0.3, 0.4) is 0 Å². The van der Waals surface area contributed by atoms with Crippen LogP contribution in [0, 0.1) is 0 Å². The van der Waals surface area contributed by atoms with Crippen molar-refractivity contribution in [1.82, 2.24) is 0 Å². The molecule has 1 N–H and O–H groups in total. The fourth-order valence-corrected chi connectivity index (χ4v) is 2.62. The standard InChI is InChI=1S/C13H11ClO2S/c1-8(13(15)16)10-6-12(17-7-10)9-2-4-11(14)5-3-9/h2-8H,1H3,(H,15,16). The monoisotopic (exact) mass is 266 g/mol. The lowest BCUT2D eigenvalue weighted by atomic mass is 10.0. The van der Waals surface area contributed by atoms with Crippen LogP contribution in [0.25, 0.3) is 10.4 Å². The first-order valence-electron chi connectivity index (χ1n) is 5.15. The Morgan fingerprint density at radius 3 is 2.59 bits per heavy atom. The Morgan fingerprint density at radius 2 is 2.00 bits per heavy atom. The van der Waals surface area contributed by atoms with Crippen LogP contribution in [0.5, 0.6) is 0 Å². The highest BCUT2D eigenvalue weighted by molar-refractivity contribution is 7.13. The van der Waals surface area contributed by atoms with Crippen LogP contribution in [0.1, 0.15) is 18.4 Å². The maximum Gasteiger partial charge on any atom is 0.310 e. The second-order valence-electron chi connectivity index (χ2n) is 3.81. The molecule has 0 fully saturated rings. The molecule has 0 radical (unpaired) electrons. The molecule has 0 saturated heterocycles. The van der Waals surface area contributed by atoms with Crippen LogP contribution in [0.4, 0.5) is 0 Å². The normalized spacial score (nSPS) is 12.4. The van der Waals surface area contributed by atoms with E-state index in [1.807, 2.05) is 35.7 Å². The summed E-state index contributed by atoms with van der Waals surface area (Å²) in [4.78, 5) is 11.9. The van der Waals surface area contributed by atoms with Gasteiger partial charge in [0.2, 0.25) is 0 Å². The summed E-state index contributed by atoms with van der Waals surface area (Å²) in [5, 5.41) is 11.5. The van der Waals surface area contributed by atoms with E-state index < -0.39 is 11.9 Å². The molecule has 2 aromatic rings. The number of hydrogen-bond acceptors (Lipinski definition) is 2. The summed E-state index contributed by atoms with van der Waals surface area (Å²) in [6, 6.07) is 9.45. The van der Waals surface area contributed by atoms with Gasteiger partial charge < -0.3 is 5.11 Å². The van der Waals surface area contributed by atoms with Gasteiger partial charge in [0.25, 0.3) is 0 Å². The first-order chi connectivity index (χ1) is 8.08. The summed E-state index contributed by atoms with van der Waals surface area (Å²) in [7, 11) is 0. The van der Waals surface area contributed by atoms with Gasteiger partial charge in [-0.1, -0.05) is 23.7 Å². The zero-order valence-corrected chi connectivity index (χ0v) is 10.8. The Morgan fingerprint density at radius 1 is 1.35 bits per heavy atom. The minimum atomic E-state index is -0.801. The van der Waals surface area contributed by atoms with E-state index in [0.717, 1.165) is 16.0 Å². The average molecular weight is 267 g/mol. The minimum absolute atomic E-state index is 0.465. The van der Waals surface area contributed by atoms with Crippen molar-refractivity contribution in [2.24, 2.45) is 0 Å². The molecular weight excluding hydrogens is 256 g/mol. The van der Waals surface area contributed by atoms with Gasteiger partial charge in [0, 0.05) is 9.90 Å². The van der Waals surface area contributed by atoms with Gasteiger partial charge in [0.05, 0.1) is 5.92 Å². The lowest BCUT2D eigenvalue weighted by molar-refractivity contribution is -0.138. The number of carbonyl (C=O) groups is 1. The van der Waals surface area contributed by atoms with Crippen LogP contribution in [0.15, 0.2) is 35.7 Å². The van der Waals surface area contributed by atoms with E-state index >= 15 is 0 Å². The van der Waals surface area contributed by atoms with E-state index in [4.69, 9.17) is 16.7 Å². The number of hydrogen-bond donors (Lipinski definition) is 1. The summed E-state index contributed by atoms with van der Waals surface area (Å²) in [5.41, 5.74) is 1.90. The fraction of sp³-hybridized carbons (Fsp3) is 0.154. The molecule has 88 valence electrons. The Kier molecular flexibility index (Phi) is 3.50. The molecule has 0 bridgehead atoms. The summed E-state index contributed by atoms with van der Waals surface area (Å²) >= 11 is 7.37. The van der Waals surface area contributed by atoms with Crippen molar-refractivity contribution < 1.29 is 9.90 Å². The minimum Gasteiger partial charge on any atom is -0.481 e. The third kappa shape index (κ3) is 2.68. The van der Waals surface area contributed by atoms with E-state index in [2.05, 4.69) is 0 Å². The number of carboxylic acid groups (broad SMARTS) is 1. The zero-order valence-electron chi connectivity index (χ0n) is 9.18. The number of halogens is 1. The smallest absolute Gasteiger partial charge is 0.310 e. The van der Waals surface area contributed by atoms with Crippen LogP contribution < -0.4 is 0 Å². The van der Waals surface area contributed by atoms with Gasteiger partial charge in [0.1, 0.15) is 0 Å². The summed E-state index contributed by atoms with van der Waals surface area (Å²) in [6.07, 6.45) is 0. The van der Waals surface area contributed by atoms with E-state index in [0.29, 0.717) is 5.02 Å². The third-order valence-electron chi connectivity index (χ3n) is 2.62. The predicted molar refractivity (Wildman–Crippen MR) is 70.8 cm³/mol. The lowest BCUT2D eigenvalue weighted by Crippen LogP contribution is -2.05. The van der Waals surface area contributed by atoms with Gasteiger partial charge in [-0.2, -0.15) is 0 Å². The highest BCUT2D eigenvalue weighted by atomic mass is 35.5. The molecule has 1 aromatic heterocycles. The Balaban J connectivity index is 2.29. The molecule has 17 heavy (non-hydrogen) atoms. The van der Waals surface area contributed by atoms with Crippen molar-refractivity contribution in [2.45, 2.75) is 12.8 Å². The van der Waals surface area contributed by atoms with Gasteiger partial charge in [-0.3, -0.25) is 4.79 Å². The summed E-state index contributed by atoms with van der Waals surface area (Å²) in [6.45, 7) is 1.69. The highest BCUT2D eigenvalue weighted by Gasteiger charge is 2.15. The third-order valence-corrected chi connectivity index (χ3v) is 3.87. The average Bonchev–Trinajstić information content (AvgIpc) is 2.78. The number of carboxylic acids is 1. The molecule has 2 nitrogen and oxygen atoms in total. The summed E-state index contributed by atoms with van der Waals surface area (Å²) < 4.78 is 0. The van der Waals surface area contributed by atoms with Crippen molar-refractivity contribution >= 4 is 28.9 Å².